The second kappa shape index (κ2) is 7.51. The zero-order valence-electron chi connectivity index (χ0n) is 16.3. The number of aliphatic hydroxyl groups is 1. The first-order valence-corrected chi connectivity index (χ1v) is 12.4. The maximum Gasteiger partial charge on any atom is 0.229 e. The largest absolute Gasteiger partial charge is 0.388 e. The number of benzene rings is 1. The van der Waals surface area contributed by atoms with Crippen molar-refractivity contribution in [1.29, 1.82) is 0 Å². The summed E-state index contributed by atoms with van der Waals surface area (Å²) in [6, 6.07) is 6.52. The molecule has 0 radical (unpaired) electrons. The third-order valence-corrected chi connectivity index (χ3v) is 7.28. The van der Waals surface area contributed by atoms with Crippen molar-refractivity contribution in [1.82, 2.24) is 9.97 Å². The molecule has 1 fully saturated rings. The Hall–Kier alpha value is -1.72. The zero-order valence-corrected chi connectivity index (χ0v) is 19.2. The average molecular weight is 526 g/mol. The highest BCUT2D eigenvalue weighted by molar-refractivity contribution is 14.1. The van der Waals surface area contributed by atoms with E-state index in [4.69, 9.17) is 4.98 Å². The average Bonchev–Trinajstić information content (AvgIpc) is 3.00. The standard InChI is InChI=1S/C20H23IN4O3S/c1-20(26)9-3-4-17(20)25-12-14(21)10-13-11-22-19(24-18(13)25)23-15-5-7-16(8-6-15)29(2,27)28/h5-8,10-11,17,26H,3-4,9,12H2,1-2H3,(H,22,23,24)/t17-,20-/m1/s1. The van der Waals surface area contributed by atoms with E-state index in [-0.39, 0.29) is 10.9 Å². The zero-order chi connectivity index (χ0) is 20.8. The molecule has 0 saturated heterocycles. The lowest BCUT2D eigenvalue weighted by Crippen LogP contribution is -2.49. The second-order valence-corrected chi connectivity index (χ2v) is 11.3. The molecule has 9 heteroatoms. The van der Waals surface area contributed by atoms with Gasteiger partial charge in [-0.2, -0.15) is 4.98 Å². The summed E-state index contributed by atoms with van der Waals surface area (Å²) in [6.07, 6.45) is 7.74. The lowest BCUT2D eigenvalue weighted by Gasteiger charge is -2.39. The van der Waals surface area contributed by atoms with Crippen LogP contribution in [0.5, 0.6) is 0 Å². The number of nitrogens with zero attached hydrogens (tertiary/aromatic N) is 3. The number of fused-ring (bicyclic) bond motifs is 1. The van der Waals surface area contributed by atoms with E-state index in [2.05, 4.69) is 43.9 Å². The minimum absolute atomic E-state index is 0.0107. The van der Waals surface area contributed by atoms with Crippen LogP contribution >= 0.6 is 22.6 Å². The Morgan fingerprint density at radius 1 is 1.31 bits per heavy atom. The molecule has 2 N–H and O–H groups in total. The molecule has 2 aromatic rings. The fourth-order valence-electron chi connectivity index (χ4n) is 4.02. The van der Waals surface area contributed by atoms with E-state index < -0.39 is 15.4 Å². The van der Waals surface area contributed by atoms with E-state index in [9.17, 15) is 13.5 Å². The van der Waals surface area contributed by atoms with Crippen LogP contribution in [0.25, 0.3) is 6.08 Å². The van der Waals surface area contributed by atoms with Crippen molar-refractivity contribution in [3.63, 3.8) is 0 Å². The van der Waals surface area contributed by atoms with Gasteiger partial charge in [-0.15, -0.1) is 0 Å². The van der Waals surface area contributed by atoms with E-state index in [0.717, 1.165) is 30.6 Å². The SMILES string of the molecule is C[C@@]1(O)CCC[C@H]1N1CC(I)=Cc2cnc(Nc3ccc(S(C)(=O)=O)cc3)nc21. The summed E-state index contributed by atoms with van der Waals surface area (Å²) >= 11 is 2.32. The summed E-state index contributed by atoms with van der Waals surface area (Å²) in [6.45, 7) is 2.62. The van der Waals surface area contributed by atoms with Crippen LogP contribution in [-0.2, 0) is 9.84 Å². The van der Waals surface area contributed by atoms with Crippen LogP contribution in [0.4, 0.5) is 17.5 Å². The molecule has 0 amide bonds. The first-order chi connectivity index (χ1) is 13.6. The predicted molar refractivity (Wildman–Crippen MR) is 122 cm³/mol. The first kappa shape index (κ1) is 20.5. The van der Waals surface area contributed by atoms with E-state index in [1.165, 1.54) is 9.84 Å². The summed E-state index contributed by atoms with van der Waals surface area (Å²) in [4.78, 5) is 11.6. The van der Waals surface area contributed by atoms with Gasteiger partial charge < -0.3 is 15.3 Å². The summed E-state index contributed by atoms with van der Waals surface area (Å²) < 4.78 is 24.4. The van der Waals surface area contributed by atoms with Crippen molar-refractivity contribution in [3.05, 3.63) is 39.6 Å². The summed E-state index contributed by atoms with van der Waals surface area (Å²) in [5.41, 5.74) is 0.893. The molecule has 1 saturated carbocycles. The van der Waals surface area contributed by atoms with E-state index in [1.54, 1.807) is 30.5 Å². The molecule has 1 aliphatic heterocycles. The molecular formula is C20H23IN4O3S. The number of halogens is 1. The van der Waals surface area contributed by atoms with Gasteiger partial charge in [0, 0.05) is 27.3 Å². The molecule has 29 heavy (non-hydrogen) atoms. The van der Waals surface area contributed by atoms with Crippen LogP contribution < -0.4 is 10.2 Å². The first-order valence-electron chi connectivity index (χ1n) is 9.43. The number of sulfone groups is 1. The Kier molecular flexibility index (Phi) is 5.32. The molecule has 0 spiro atoms. The van der Waals surface area contributed by atoms with Gasteiger partial charge in [0.15, 0.2) is 9.84 Å². The second-order valence-electron chi connectivity index (χ2n) is 7.88. The van der Waals surface area contributed by atoms with Crippen molar-refractivity contribution in [2.24, 2.45) is 0 Å². The molecule has 4 rings (SSSR count). The van der Waals surface area contributed by atoms with Crippen molar-refractivity contribution in [2.75, 3.05) is 23.0 Å². The Morgan fingerprint density at radius 2 is 2.03 bits per heavy atom. The van der Waals surface area contributed by atoms with Gasteiger partial charge >= 0.3 is 0 Å². The van der Waals surface area contributed by atoms with Crippen LogP contribution in [0, 0.1) is 0 Å². The van der Waals surface area contributed by atoms with Gasteiger partial charge in [-0.25, -0.2) is 13.4 Å². The molecule has 2 atom stereocenters. The fraction of sp³-hybridized carbons (Fsp3) is 0.400. The maximum absolute atomic E-state index is 11.6. The summed E-state index contributed by atoms with van der Waals surface area (Å²) in [5, 5.41) is 14.0. The summed E-state index contributed by atoms with van der Waals surface area (Å²) in [7, 11) is -3.23. The maximum atomic E-state index is 11.6. The highest BCUT2D eigenvalue weighted by Crippen LogP contribution is 2.40. The van der Waals surface area contributed by atoms with Gasteiger partial charge in [0.1, 0.15) is 5.82 Å². The molecule has 1 aromatic heterocycles. The number of anilines is 3. The fourth-order valence-corrected chi connectivity index (χ4v) is 5.35. The third-order valence-electron chi connectivity index (χ3n) is 5.49. The number of hydrogen-bond acceptors (Lipinski definition) is 7. The quantitative estimate of drug-likeness (QED) is 0.589. The van der Waals surface area contributed by atoms with Crippen LogP contribution in [0.15, 0.2) is 38.9 Å². The highest BCUT2D eigenvalue weighted by atomic mass is 127. The van der Waals surface area contributed by atoms with E-state index in [0.29, 0.717) is 18.2 Å². The highest BCUT2D eigenvalue weighted by Gasteiger charge is 2.42. The lowest BCUT2D eigenvalue weighted by atomic mass is 9.97. The minimum Gasteiger partial charge on any atom is -0.388 e. The molecule has 7 nitrogen and oxygen atoms in total. The monoisotopic (exact) mass is 526 g/mol. The third kappa shape index (κ3) is 4.26. The minimum atomic E-state index is -3.23. The van der Waals surface area contributed by atoms with Gasteiger partial charge in [0.25, 0.3) is 0 Å². The topological polar surface area (TPSA) is 95.4 Å². The number of rotatable bonds is 4. The van der Waals surface area contributed by atoms with E-state index >= 15 is 0 Å². The molecule has 1 aromatic carbocycles. The smallest absolute Gasteiger partial charge is 0.229 e. The Morgan fingerprint density at radius 3 is 2.66 bits per heavy atom. The van der Waals surface area contributed by atoms with Crippen LogP contribution in [0.3, 0.4) is 0 Å². The van der Waals surface area contributed by atoms with Crippen LogP contribution in [0.2, 0.25) is 0 Å². The molecule has 0 bridgehead atoms. The van der Waals surface area contributed by atoms with Crippen molar-refractivity contribution in [2.45, 2.75) is 42.7 Å². The molecule has 0 unspecified atom stereocenters. The molecule has 154 valence electrons. The Bertz CT molecular complexity index is 1070. The lowest BCUT2D eigenvalue weighted by molar-refractivity contribution is 0.0492. The normalized spacial score (nSPS) is 24.2. The van der Waals surface area contributed by atoms with Crippen molar-refractivity contribution >= 4 is 56.0 Å². The Balaban J connectivity index is 1.64. The van der Waals surface area contributed by atoms with Gasteiger partial charge in [0.2, 0.25) is 5.95 Å². The molecule has 1 aliphatic carbocycles. The van der Waals surface area contributed by atoms with E-state index in [1.807, 2.05) is 6.92 Å². The molecular weight excluding hydrogens is 503 g/mol. The molecule has 2 aliphatic rings. The van der Waals surface area contributed by atoms with Gasteiger partial charge in [-0.1, -0.05) is 0 Å². The number of hydrogen-bond donors (Lipinski definition) is 2. The number of nitrogens with one attached hydrogen (secondary N) is 1. The van der Waals surface area contributed by atoms with Crippen LogP contribution in [0.1, 0.15) is 31.7 Å². The number of aromatic nitrogens is 2. The Labute approximate surface area is 184 Å². The van der Waals surface area contributed by atoms with Crippen LogP contribution in [-0.4, -0.2) is 47.9 Å². The van der Waals surface area contributed by atoms with Gasteiger partial charge in [0.05, 0.1) is 23.1 Å². The van der Waals surface area contributed by atoms with Crippen molar-refractivity contribution in [3.8, 4) is 0 Å². The summed E-state index contributed by atoms with van der Waals surface area (Å²) in [5.74, 6) is 1.24. The molecule has 2 heterocycles. The van der Waals surface area contributed by atoms with Crippen molar-refractivity contribution < 1.29 is 13.5 Å². The van der Waals surface area contributed by atoms with Gasteiger partial charge in [-0.05, 0) is 79.1 Å². The predicted octanol–water partition coefficient (Wildman–Crippen LogP) is 3.52. The van der Waals surface area contributed by atoms with Gasteiger partial charge in [-0.3, -0.25) is 0 Å².